The molecule has 1 aliphatic heterocycles. The summed E-state index contributed by atoms with van der Waals surface area (Å²) >= 11 is 1.45. The second-order valence-corrected chi connectivity index (χ2v) is 8.73. The van der Waals surface area contributed by atoms with E-state index < -0.39 is 0 Å². The van der Waals surface area contributed by atoms with Crippen LogP contribution < -0.4 is 10.9 Å². The van der Waals surface area contributed by atoms with Crippen LogP contribution in [0.25, 0.3) is 16.6 Å². The largest absolute Gasteiger partial charge is 0.329 e. The van der Waals surface area contributed by atoms with Crippen LogP contribution in [0.1, 0.15) is 30.1 Å². The van der Waals surface area contributed by atoms with E-state index in [9.17, 15) is 10.1 Å². The van der Waals surface area contributed by atoms with Crippen LogP contribution in [0.3, 0.4) is 0 Å². The molecule has 5 rings (SSSR count). The van der Waals surface area contributed by atoms with E-state index in [2.05, 4.69) is 39.1 Å². The molecule has 1 aliphatic rings. The number of nitriles is 1. The number of aromatic amines is 1. The van der Waals surface area contributed by atoms with E-state index in [-0.39, 0.29) is 5.56 Å². The third-order valence-electron chi connectivity index (χ3n) is 5.68. The van der Waals surface area contributed by atoms with Crippen molar-refractivity contribution >= 4 is 17.3 Å². The van der Waals surface area contributed by atoms with Crippen molar-refractivity contribution in [1.82, 2.24) is 29.7 Å². The van der Waals surface area contributed by atoms with Crippen LogP contribution in [0, 0.1) is 18.3 Å². The Bertz CT molecular complexity index is 1350. The van der Waals surface area contributed by atoms with Gasteiger partial charge in [0.2, 0.25) is 5.56 Å². The fraction of sp³-hybridized carbons (Fsp3) is 0.273. The molecule has 9 heteroatoms. The molecular formula is C22H21N7OS. The summed E-state index contributed by atoms with van der Waals surface area (Å²) in [6, 6.07) is 8.07. The molecule has 0 amide bonds. The SMILES string of the molecule is Cc1c(-c2cc(Sc3cc[nH]c(=O)c3)c3c(C#N)cnn3c2)cnn1C1CCNCC1. The summed E-state index contributed by atoms with van der Waals surface area (Å²) in [5.74, 6) is 0. The molecule has 0 saturated carbocycles. The van der Waals surface area contributed by atoms with Gasteiger partial charge in [0.05, 0.1) is 29.5 Å². The zero-order chi connectivity index (χ0) is 21.4. The Morgan fingerprint density at radius 2 is 2.06 bits per heavy atom. The molecule has 0 spiro atoms. The number of pyridine rings is 2. The van der Waals surface area contributed by atoms with Crippen molar-refractivity contribution in [3.05, 3.63) is 64.6 Å². The smallest absolute Gasteiger partial charge is 0.249 e. The predicted molar refractivity (Wildman–Crippen MR) is 118 cm³/mol. The van der Waals surface area contributed by atoms with Crippen LogP contribution in [0.5, 0.6) is 0 Å². The van der Waals surface area contributed by atoms with Crippen molar-refractivity contribution in [3.8, 4) is 17.2 Å². The number of fused-ring (bicyclic) bond motifs is 1. The van der Waals surface area contributed by atoms with Crippen LogP contribution >= 0.6 is 11.8 Å². The molecule has 31 heavy (non-hydrogen) atoms. The third-order valence-corrected chi connectivity index (χ3v) is 6.70. The minimum absolute atomic E-state index is 0.162. The molecular weight excluding hydrogens is 410 g/mol. The maximum Gasteiger partial charge on any atom is 0.249 e. The molecule has 0 radical (unpaired) electrons. The highest BCUT2D eigenvalue weighted by molar-refractivity contribution is 7.99. The van der Waals surface area contributed by atoms with Crippen LogP contribution in [-0.2, 0) is 0 Å². The monoisotopic (exact) mass is 431 g/mol. The first-order valence-corrected chi connectivity index (χ1v) is 11.0. The van der Waals surface area contributed by atoms with E-state index in [1.54, 1.807) is 23.0 Å². The lowest BCUT2D eigenvalue weighted by Crippen LogP contribution is -2.30. The topological polar surface area (TPSA) is 104 Å². The standard InChI is InChI=1S/C22H21N7OS/c1-14-19(12-27-29(14)17-2-5-24-6-3-17)15-8-20(31-18-4-7-25-21(30)9-18)22-16(10-23)11-26-28(22)13-15/h4,7-9,11-13,17,24H,2-3,5-6H2,1H3,(H,25,30). The predicted octanol–water partition coefficient (Wildman–Crippen LogP) is 3.14. The quantitative estimate of drug-likeness (QED) is 0.514. The van der Waals surface area contributed by atoms with E-state index in [0.29, 0.717) is 11.6 Å². The van der Waals surface area contributed by atoms with Gasteiger partial charge < -0.3 is 10.3 Å². The first-order valence-electron chi connectivity index (χ1n) is 10.2. The van der Waals surface area contributed by atoms with Gasteiger partial charge in [0, 0.05) is 45.1 Å². The van der Waals surface area contributed by atoms with Crippen LogP contribution in [0.15, 0.2) is 57.6 Å². The minimum atomic E-state index is -0.162. The number of nitrogens with zero attached hydrogens (tertiary/aromatic N) is 5. The Kier molecular flexibility index (Phi) is 5.10. The zero-order valence-electron chi connectivity index (χ0n) is 17.0. The number of aromatic nitrogens is 5. The second-order valence-electron chi connectivity index (χ2n) is 7.62. The summed E-state index contributed by atoms with van der Waals surface area (Å²) in [6.45, 7) is 4.11. The molecule has 1 saturated heterocycles. The van der Waals surface area contributed by atoms with Gasteiger partial charge in [-0.15, -0.1) is 0 Å². The van der Waals surface area contributed by atoms with Crippen molar-refractivity contribution in [1.29, 1.82) is 5.26 Å². The summed E-state index contributed by atoms with van der Waals surface area (Å²) in [7, 11) is 0. The number of rotatable bonds is 4. The van der Waals surface area contributed by atoms with E-state index in [1.165, 1.54) is 11.8 Å². The van der Waals surface area contributed by atoms with Crippen molar-refractivity contribution in [2.24, 2.45) is 0 Å². The molecule has 4 aromatic rings. The van der Waals surface area contributed by atoms with Crippen molar-refractivity contribution in [2.75, 3.05) is 13.1 Å². The fourth-order valence-corrected chi connectivity index (χ4v) is 5.17. The first kappa shape index (κ1) is 19.6. The molecule has 2 N–H and O–H groups in total. The van der Waals surface area contributed by atoms with Gasteiger partial charge in [0.1, 0.15) is 6.07 Å². The minimum Gasteiger partial charge on any atom is -0.329 e. The lowest BCUT2D eigenvalue weighted by molar-refractivity contribution is 0.338. The average molecular weight is 432 g/mol. The number of nitrogens with one attached hydrogen (secondary N) is 2. The van der Waals surface area contributed by atoms with E-state index in [0.717, 1.165) is 58.1 Å². The summed E-state index contributed by atoms with van der Waals surface area (Å²) in [5.41, 5.74) is 4.21. The summed E-state index contributed by atoms with van der Waals surface area (Å²) in [4.78, 5) is 16.1. The number of H-pyrrole nitrogens is 1. The number of piperidine rings is 1. The molecule has 0 bridgehead atoms. The normalized spacial score (nSPS) is 14.7. The first-order chi connectivity index (χ1) is 15.1. The van der Waals surface area contributed by atoms with E-state index in [4.69, 9.17) is 5.10 Å². The number of hydrogen-bond acceptors (Lipinski definition) is 6. The zero-order valence-corrected chi connectivity index (χ0v) is 17.8. The summed E-state index contributed by atoms with van der Waals surface area (Å²) < 4.78 is 3.87. The molecule has 0 aliphatic carbocycles. The maximum absolute atomic E-state index is 11.7. The summed E-state index contributed by atoms with van der Waals surface area (Å²) in [5, 5.41) is 22.0. The second kappa shape index (κ2) is 8.06. The molecule has 0 unspecified atom stereocenters. The van der Waals surface area contributed by atoms with Gasteiger partial charge in [-0.2, -0.15) is 15.5 Å². The van der Waals surface area contributed by atoms with Gasteiger partial charge in [-0.3, -0.25) is 9.48 Å². The molecule has 5 heterocycles. The highest BCUT2D eigenvalue weighted by Gasteiger charge is 2.21. The van der Waals surface area contributed by atoms with Crippen LogP contribution in [0.2, 0.25) is 0 Å². The number of hydrogen-bond donors (Lipinski definition) is 2. The Morgan fingerprint density at radius 1 is 1.23 bits per heavy atom. The highest BCUT2D eigenvalue weighted by Crippen LogP contribution is 2.36. The van der Waals surface area contributed by atoms with Crippen LogP contribution in [-0.4, -0.2) is 37.5 Å². The van der Waals surface area contributed by atoms with Crippen molar-refractivity contribution in [2.45, 2.75) is 35.6 Å². The Morgan fingerprint density at radius 3 is 2.84 bits per heavy atom. The van der Waals surface area contributed by atoms with Gasteiger partial charge in [0.25, 0.3) is 0 Å². The maximum atomic E-state index is 11.7. The Hall–Kier alpha value is -3.35. The molecule has 156 valence electrons. The molecule has 8 nitrogen and oxygen atoms in total. The van der Waals surface area contributed by atoms with Crippen LogP contribution in [0.4, 0.5) is 0 Å². The fourth-order valence-electron chi connectivity index (χ4n) is 4.13. The van der Waals surface area contributed by atoms with Gasteiger partial charge in [-0.1, -0.05) is 11.8 Å². The average Bonchev–Trinajstić information content (AvgIpc) is 3.37. The van der Waals surface area contributed by atoms with Gasteiger partial charge in [-0.25, -0.2) is 4.52 Å². The van der Waals surface area contributed by atoms with Gasteiger partial charge in [-0.05, 0) is 45.0 Å². The van der Waals surface area contributed by atoms with Crippen molar-refractivity contribution < 1.29 is 0 Å². The lowest BCUT2D eigenvalue weighted by atomic mass is 10.1. The van der Waals surface area contributed by atoms with Gasteiger partial charge in [0.15, 0.2) is 0 Å². The van der Waals surface area contributed by atoms with E-state index >= 15 is 0 Å². The van der Waals surface area contributed by atoms with E-state index in [1.807, 2.05) is 18.5 Å². The van der Waals surface area contributed by atoms with Crippen molar-refractivity contribution in [3.63, 3.8) is 0 Å². The summed E-state index contributed by atoms with van der Waals surface area (Å²) in [6.07, 6.45) is 9.18. The van der Waals surface area contributed by atoms with Gasteiger partial charge >= 0.3 is 0 Å². The molecule has 4 aromatic heterocycles. The Labute approximate surface area is 182 Å². The molecule has 1 fully saturated rings. The molecule has 0 atom stereocenters. The molecule has 0 aromatic carbocycles. The Balaban J connectivity index is 1.61. The third kappa shape index (κ3) is 3.65. The lowest BCUT2D eigenvalue weighted by Gasteiger charge is -2.24. The highest BCUT2D eigenvalue weighted by atomic mass is 32.2.